The zero-order chi connectivity index (χ0) is 21.9. The summed E-state index contributed by atoms with van der Waals surface area (Å²) in [5.41, 5.74) is 2.15. The maximum Gasteiger partial charge on any atom is 0.242 e. The Kier molecular flexibility index (Phi) is 9.74. The van der Waals surface area contributed by atoms with Crippen LogP contribution in [0.5, 0.6) is 5.75 Å². The van der Waals surface area contributed by atoms with Gasteiger partial charge < -0.3 is 15.0 Å². The first-order chi connectivity index (χ1) is 14.4. The number of hydrogen-bond acceptors (Lipinski definition) is 4. The van der Waals surface area contributed by atoms with E-state index in [2.05, 4.69) is 36.5 Å². The lowest BCUT2D eigenvalue weighted by Gasteiger charge is -2.29. The summed E-state index contributed by atoms with van der Waals surface area (Å²) >= 11 is 1.65. The molecule has 1 atom stereocenters. The van der Waals surface area contributed by atoms with Gasteiger partial charge in [0.15, 0.2) is 0 Å². The molecule has 2 amide bonds. The Hall–Kier alpha value is -2.47. The number of amides is 2. The summed E-state index contributed by atoms with van der Waals surface area (Å²) < 4.78 is 5.29. The van der Waals surface area contributed by atoms with Gasteiger partial charge >= 0.3 is 0 Å². The number of methoxy groups -OCH3 is 1. The molecule has 0 heterocycles. The summed E-state index contributed by atoms with van der Waals surface area (Å²) in [5.74, 6) is 1.24. The zero-order valence-electron chi connectivity index (χ0n) is 18.3. The quantitative estimate of drug-likeness (QED) is 0.538. The number of ether oxygens (including phenoxy) is 1. The van der Waals surface area contributed by atoms with Crippen molar-refractivity contribution in [3.63, 3.8) is 0 Å². The van der Waals surface area contributed by atoms with Crippen molar-refractivity contribution in [3.05, 3.63) is 59.7 Å². The molecule has 2 aromatic rings. The van der Waals surface area contributed by atoms with Crippen molar-refractivity contribution in [2.24, 2.45) is 0 Å². The summed E-state index contributed by atoms with van der Waals surface area (Å²) in [6, 6.07) is 15.3. The fraction of sp³-hybridized carbons (Fsp3) is 0.417. The third-order valence-corrected chi connectivity index (χ3v) is 5.82. The number of rotatable bonds is 11. The van der Waals surface area contributed by atoms with Gasteiger partial charge in [0.2, 0.25) is 11.8 Å². The van der Waals surface area contributed by atoms with Crippen LogP contribution in [0.3, 0.4) is 0 Å². The molecule has 30 heavy (non-hydrogen) atoms. The van der Waals surface area contributed by atoms with Crippen molar-refractivity contribution in [1.82, 2.24) is 10.2 Å². The number of benzene rings is 2. The highest BCUT2D eigenvalue weighted by atomic mass is 32.2. The lowest BCUT2D eigenvalue weighted by Crippen LogP contribution is -2.47. The molecular formula is C24H32N2O3S. The van der Waals surface area contributed by atoms with Crippen LogP contribution in [0.1, 0.15) is 37.8 Å². The van der Waals surface area contributed by atoms with Gasteiger partial charge in [0, 0.05) is 30.2 Å². The monoisotopic (exact) mass is 428 g/mol. The standard InChI is InChI=1S/C24H32N2O3S/c1-5-14-25-24(28)19(3)26(17-20-7-6-8-21(16-20)29-4)23(27)13-15-30-22-11-9-18(2)10-12-22/h6-12,16,19H,5,13-15,17H2,1-4H3,(H,25,28)/t19-/m1/s1. The molecule has 0 aliphatic carbocycles. The molecule has 2 rings (SSSR count). The van der Waals surface area contributed by atoms with Gasteiger partial charge in [-0.3, -0.25) is 9.59 Å². The SMILES string of the molecule is CCCNC(=O)[C@@H](C)N(Cc1cccc(OC)c1)C(=O)CCSc1ccc(C)cc1. The fourth-order valence-corrected chi connectivity index (χ4v) is 3.82. The van der Waals surface area contributed by atoms with E-state index in [1.807, 2.05) is 31.2 Å². The van der Waals surface area contributed by atoms with Crippen LogP contribution in [0, 0.1) is 6.92 Å². The maximum absolute atomic E-state index is 13.1. The van der Waals surface area contributed by atoms with E-state index < -0.39 is 6.04 Å². The Labute approximate surface area is 184 Å². The van der Waals surface area contributed by atoms with E-state index in [1.54, 1.807) is 30.7 Å². The van der Waals surface area contributed by atoms with Crippen LogP contribution in [-0.2, 0) is 16.1 Å². The molecule has 0 radical (unpaired) electrons. The number of thioether (sulfide) groups is 1. The van der Waals surface area contributed by atoms with Crippen LogP contribution < -0.4 is 10.1 Å². The second kappa shape index (κ2) is 12.3. The number of carbonyl (C=O) groups is 2. The third kappa shape index (κ3) is 7.41. The van der Waals surface area contributed by atoms with Gasteiger partial charge in [-0.1, -0.05) is 36.8 Å². The number of aryl methyl sites for hydroxylation is 1. The van der Waals surface area contributed by atoms with Crippen LogP contribution in [0.2, 0.25) is 0 Å². The molecule has 0 fully saturated rings. The van der Waals surface area contributed by atoms with Crippen molar-refractivity contribution >= 4 is 23.6 Å². The first kappa shape index (κ1) is 23.8. The lowest BCUT2D eigenvalue weighted by atomic mass is 10.1. The molecule has 0 saturated carbocycles. The summed E-state index contributed by atoms with van der Waals surface area (Å²) in [5, 5.41) is 2.90. The molecule has 2 aromatic carbocycles. The van der Waals surface area contributed by atoms with Gasteiger partial charge in [0.1, 0.15) is 11.8 Å². The first-order valence-corrected chi connectivity index (χ1v) is 11.3. The predicted molar refractivity (Wildman–Crippen MR) is 123 cm³/mol. The maximum atomic E-state index is 13.1. The third-order valence-electron chi connectivity index (χ3n) is 4.81. The average Bonchev–Trinajstić information content (AvgIpc) is 2.76. The minimum Gasteiger partial charge on any atom is -0.497 e. The van der Waals surface area contributed by atoms with Crippen LogP contribution in [0.4, 0.5) is 0 Å². The number of carbonyl (C=O) groups excluding carboxylic acids is 2. The number of hydrogen-bond donors (Lipinski definition) is 1. The van der Waals surface area contributed by atoms with Gasteiger partial charge in [-0.2, -0.15) is 0 Å². The van der Waals surface area contributed by atoms with E-state index in [4.69, 9.17) is 4.74 Å². The van der Waals surface area contributed by atoms with Crippen LogP contribution in [0.15, 0.2) is 53.4 Å². The van der Waals surface area contributed by atoms with Crippen LogP contribution >= 0.6 is 11.8 Å². The largest absolute Gasteiger partial charge is 0.497 e. The van der Waals surface area contributed by atoms with Crippen molar-refractivity contribution in [1.29, 1.82) is 0 Å². The summed E-state index contributed by atoms with van der Waals surface area (Å²) in [4.78, 5) is 28.4. The normalized spacial score (nSPS) is 11.6. The highest BCUT2D eigenvalue weighted by Crippen LogP contribution is 2.21. The minimum atomic E-state index is -0.542. The number of nitrogens with zero attached hydrogens (tertiary/aromatic N) is 1. The number of nitrogens with one attached hydrogen (secondary N) is 1. The molecule has 1 N–H and O–H groups in total. The average molecular weight is 429 g/mol. The van der Waals surface area contributed by atoms with Crippen molar-refractivity contribution in [2.75, 3.05) is 19.4 Å². The Balaban J connectivity index is 2.06. The van der Waals surface area contributed by atoms with Crippen LogP contribution in [0.25, 0.3) is 0 Å². The highest BCUT2D eigenvalue weighted by molar-refractivity contribution is 7.99. The first-order valence-electron chi connectivity index (χ1n) is 10.3. The molecule has 0 aliphatic rings. The summed E-state index contributed by atoms with van der Waals surface area (Å²) in [7, 11) is 1.62. The predicted octanol–water partition coefficient (Wildman–Crippen LogP) is 4.43. The van der Waals surface area contributed by atoms with Gasteiger partial charge in [-0.25, -0.2) is 0 Å². The van der Waals surface area contributed by atoms with Gasteiger partial charge in [-0.05, 0) is 50.1 Å². The van der Waals surface area contributed by atoms with Crippen LogP contribution in [-0.4, -0.2) is 42.2 Å². The molecule has 0 unspecified atom stereocenters. The molecule has 5 nitrogen and oxygen atoms in total. The van der Waals surface area contributed by atoms with E-state index in [0.717, 1.165) is 22.6 Å². The lowest BCUT2D eigenvalue weighted by molar-refractivity contribution is -0.140. The van der Waals surface area contributed by atoms with E-state index in [1.165, 1.54) is 5.56 Å². The molecule has 0 aliphatic heterocycles. The highest BCUT2D eigenvalue weighted by Gasteiger charge is 2.25. The Bertz CT molecular complexity index is 823. The minimum absolute atomic E-state index is 0.0309. The van der Waals surface area contributed by atoms with E-state index in [-0.39, 0.29) is 11.8 Å². The molecule has 0 bridgehead atoms. The topological polar surface area (TPSA) is 58.6 Å². The Morgan fingerprint density at radius 3 is 2.57 bits per heavy atom. The second-order valence-corrected chi connectivity index (χ2v) is 8.42. The smallest absolute Gasteiger partial charge is 0.242 e. The van der Waals surface area contributed by atoms with Gasteiger partial charge in [0.25, 0.3) is 0 Å². The zero-order valence-corrected chi connectivity index (χ0v) is 19.1. The molecule has 6 heteroatoms. The van der Waals surface area contributed by atoms with Crippen molar-refractivity contribution in [2.45, 2.75) is 51.1 Å². The van der Waals surface area contributed by atoms with Gasteiger partial charge in [0.05, 0.1) is 7.11 Å². The Morgan fingerprint density at radius 2 is 1.90 bits per heavy atom. The molecule has 0 aromatic heterocycles. The second-order valence-electron chi connectivity index (χ2n) is 7.25. The van der Waals surface area contributed by atoms with E-state index in [9.17, 15) is 9.59 Å². The molecule has 162 valence electrons. The molecular weight excluding hydrogens is 396 g/mol. The molecule has 0 spiro atoms. The van der Waals surface area contributed by atoms with E-state index in [0.29, 0.717) is 25.3 Å². The van der Waals surface area contributed by atoms with E-state index >= 15 is 0 Å². The van der Waals surface area contributed by atoms with Crippen molar-refractivity contribution < 1.29 is 14.3 Å². The summed E-state index contributed by atoms with van der Waals surface area (Å²) in [6.07, 6.45) is 1.23. The molecule has 0 saturated heterocycles. The van der Waals surface area contributed by atoms with Gasteiger partial charge in [-0.15, -0.1) is 11.8 Å². The summed E-state index contributed by atoms with van der Waals surface area (Å²) in [6.45, 7) is 6.82. The Morgan fingerprint density at radius 1 is 1.17 bits per heavy atom. The fourth-order valence-electron chi connectivity index (χ4n) is 2.98. The van der Waals surface area contributed by atoms with Crippen molar-refractivity contribution in [3.8, 4) is 5.75 Å².